The van der Waals surface area contributed by atoms with Gasteiger partial charge in [0.1, 0.15) is 11.6 Å². The van der Waals surface area contributed by atoms with E-state index in [-0.39, 0.29) is 17.7 Å². The summed E-state index contributed by atoms with van der Waals surface area (Å²) < 4.78 is 13.0. The highest BCUT2D eigenvalue weighted by Crippen LogP contribution is 2.36. The first kappa shape index (κ1) is 14.3. The van der Waals surface area contributed by atoms with Crippen molar-refractivity contribution in [1.82, 2.24) is 5.01 Å². The largest absolute Gasteiger partial charge is 0.508 e. The van der Waals surface area contributed by atoms with Gasteiger partial charge in [0.25, 0.3) is 5.91 Å². The van der Waals surface area contributed by atoms with Gasteiger partial charge in [0.05, 0.1) is 6.04 Å². The summed E-state index contributed by atoms with van der Waals surface area (Å²) >= 11 is 0. The zero-order valence-electron chi connectivity index (χ0n) is 12.0. The number of carbonyl (C=O) groups is 1. The van der Waals surface area contributed by atoms with Crippen LogP contribution in [0.1, 0.15) is 35.3 Å². The van der Waals surface area contributed by atoms with Crippen LogP contribution in [0.3, 0.4) is 0 Å². The van der Waals surface area contributed by atoms with Gasteiger partial charge in [-0.25, -0.2) is 9.40 Å². The maximum absolute atomic E-state index is 13.0. The molecule has 3 rings (SSSR count). The SMILES string of the molecule is CC1=NN(C(=O)c2ccc(F)cc2)C(c2ccccc2O)C1. The number of rotatable bonds is 2. The molecule has 0 aromatic heterocycles. The Morgan fingerprint density at radius 2 is 1.91 bits per heavy atom. The third-order valence-corrected chi connectivity index (χ3v) is 3.66. The molecule has 1 atom stereocenters. The lowest BCUT2D eigenvalue weighted by Crippen LogP contribution is -2.27. The lowest BCUT2D eigenvalue weighted by atomic mass is 10.0. The van der Waals surface area contributed by atoms with Crippen LogP contribution >= 0.6 is 0 Å². The molecule has 2 aromatic rings. The number of phenols is 1. The first-order valence-corrected chi connectivity index (χ1v) is 6.97. The fourth-order valence-corrected chi connectivity index (χ4v) is 2.58. The van der Waals surface area contributed by atoms with Gasteiger partial charge in [0, 0.05) is 23.3 Å². The fraction of sp³-hybridized carbons (Fsp3) is 0.176. The predicted molar refractivity (Wildman–Crippen MR) is 81.1 cm³/mol. The average Bonchev–Trinajstić information content (AvgIpc) is 2.89. The molecule has 22 heavy (non-hydrogen) atoms. The molecule has 0 radical (unpaired) electrons. The number of hydrogen-bond acceptors (Lipinski definition) is 3. The zero-order valence-corrected chi connectivity index (χ0v) is 12.0. The predicted octanol–water partition coefficient (Wildman–Crippen LogP) is 3.49. The summed E-state index contributed by atoms with van der Waals surface area (Å²) in [7, 11) is 0. The molecule has 0 spiro atoms. The van der Waals surface area contributed by atoms with Gasteiger partial charge in [-0.05, 0) is 37.3 Å². The van der Waals surface area contributed by atoms with Gasteiger partial charge in [-0.3, -0.25) is 4.79 Å². The van der Waals surface area contributed by atoms with Crippen LogP contribution in [-0.4, -0.2) is 21.7 Å². The van der Waals surface area contributed by atoms with Gasteiger partial charge >= 0.3 is 0 Å². The molecule has 1 aliphatic rings. The molecular formula is C17H15FN2O2. The lowest BCUT2D eigenvalue weighted by molar-refractivity contribution is 0.0709. The van der Waals surface area contributed by atoms with Crippen molar-refractivity contribution in [2.45, 2.75) is 19.4 Å². The summed E-state index contributed by atoms with van der Waals surface area (Å²) in [6.45, 7) is 1.84. The minimum atomic E-state index is -0.394. The van der Waals surface area contributed by atoms with E-state index in [1.54, 1.807) is 18.2 Å². The van der Waals surface area contributed by atoms with Gasteiger partial charge < -0.3 is 5.11 Å². The normalized spacial score (nSPS) is 17.5. The Morgan fingerprint density at radius 3 is 2.59 bits per heavy atom. The molecule has 1 unspecified atom stereocenters. The van der Waals surface area contributed by atoms with Crippen molar-refractivity contribution >= 4 is 11.6 Å². The Morgan fingerprint density at radius 1 is 1.23 bits per heavy atom. The monoisotopic (exact) mass is 298 g/mol. The van der Waals surface area contributed by atoms with Crippen LogP contribution in [0.15, 0.2) is 53.6 Å². The molecule has 0 saturated carbocycles. The third kappa shape index (κ3) is 2.57. The lowest BCUT2D eigenvalue weighted by Gasteiger charge is -2.22. The molecule has 112 valence electrons. The number of aromatic hydroxyl groups is 1. The van der Waals surface area contributed by atoms with Crippen molar-refractivity contribution in [2.75, 3.05) is 0 Å². The standard InChI is InChI=1S/C17H15FN2O2/c1-11-10-15(14-4-2-3-5-16(14)21)20(19-11)17(22)12-6-8-13(18)9-7-12/h2-9,15,21H,10H2,1H3. The van der Waals surface area contributed by atoms with E-state index in [0.29, 0.717) is 17.5 Å². The number of para-hydroxylation sites is 1. The van der Waals surface area contributed by atoms with Crippen molar-refractivity contribution < 1.29 is 14.3 Å². The third-order valence-electron chi connectivity index (χ3n) is 3.66. The van der Waals surface area contributed by atoms with Gasteiger partial charge in [-0.15, -0.1) is 0 Å². The summed E-state index contributed by atoms with van der Waals surface area (Å²) in [6.07, 6.45) is 0.560. The molecule has 4 nitrogen and oxygen atoms in total. The maximum Gasteiger partial charge on any atom is 0.274 e. The summed E-state index contributed by atoms with van der Waals surface area (Å²) in [4.78, 5) is 12.6. The van der Waals surface area contributed by atoms with E-state index in [1.165, 1.54) is 29.3 Å². The minimum Gasteiger partial charge on any atom is -0.508 e. The van der Waals surface area contributed by atoms with E-state index in [1.807, 2.05) is 13.0 Å². The van der Waals surface area contributed by atoms with Gasteiger partial charge in [0.2, 0.25) is 0 Å². The Balaban J connectivity index is 1.95. The highest BCUT2D eigenvalue weighted by molar-refractivity contribution is 5.97. The second-order valence-electron chi connectivity index (χ2n) is 5.27. The summed E-state index contributed by atoms with van der Waals surface area (Å²) in [5.41, 5.74) is 1.82. The van der Waals surface area contributed by atoms with E-state index >= 15 is 0 Å². The molecule has 2 aromatic carbocycles. The molecule has 5 heteroatoms. The number of hydrazone groups is 1. The van der Waals surface area contributed by atoms with E-state index < -0.39 is 5.82 Å². The van der Waals surface area contributed by atoms with E-state index in [9.17, 15) is 14.3 Å². The van der Waals surface area contributed by atoms with Gasteiger partial charge in [-0.1, -0.05) is 18.2 Å². The highest BCUT2D eigenvalue weighted by atomic mass is 19.1. The van der Waals surface area contributed by atoms with E-state index in [2.05, 4.69) is 5.10 Å². The first-order valence-electron chi connectivity index (χ1n) is 6.97. The Kier molecular flexibility index (Phi) is 3.63. The Bertz CT molecular complexity index is 741. The first-order chi connectivity index (χ1) is 10.6. The number of phenolic OH excluding ortho intramolecular Hbond substituents is 1. The average molecular weight is 298 g/mol. The van der Waals surface area contributed by atoms with E-state index in [4.69, 9.17) is 0 Å². The van der Waals surface area contributed by atoms with Crippen LogP contribution in [0.25, 0.3) is 0 Å². The molecule has 1 heterocycles. The van der Waals surface area contributed by atoms with Crippen molar-refractivity contribution in [2.24, 2.45) is 5.10 Å². The molecule has 0 saturated heterocycles. The molecule has 0 aliphatic carbocycles. The van der Waals surface area contributed by atoms with Crippen LogP contribution < -0.4 is 0 Å². The number of nitrogens with zero attached hydrogens (tertiary/aromatic N) is 2. The zero-order chi connectivity index (χ0) is 15.7. The van der Waals surface area contributed by atoms with Crippen molar-refractivity contribution in [3.05, 3.63) is 65.5 Å². The van der Waals surface area contributed by atoms with Crippen LogP contribution in [0.5, 0.6) is 5.75 Å². The molecular weight excluding hydrogens is 283 g/mol. The van der Waals surface area contributed by atoms with Gasteiger partial charge in [-0.2, -0.15) is 5.10 Å². The van der Waals surface area contributed by atoms with Crippen LogP contribution in [0.4, 0.5) is 4.39 Å². The summed E-state index contributed by atoms with van der Waals surface area (Å²) in [5.74, 6) is -0.575. The van der Waals surface area contributed by atoms with Crippen molar-refractivity contribution in [1.29, 1.82) is 0 Å². The van der Waals surface area contributed by atoms with Crippen molar-refractivity contribution in [3.8, 4) is 5.75 Å². The second kappa shape index (κ2) is 5.60. The van der Waals surface area contributed by atoms with E-state index in [0.717, 1.165) is 5.71 Å². The molecule has 0 fully saturated rings. The highest BCUT2D eigenvalue weighted by Gasteiger charge is 2.33. The molecule has 1 N–H and O–H groups in total. The summed E-state index contributed by atoms with van der Waals surface area (Å²) in [6, 6.07) is 11.9. The number of hydrogen-bond donors (Lipinski definition) is 1. The van der Waals surface area contributed by atoms with Crippen LogP contribution in [0.2, 0.25) is 0 Å². The topological polar surface area (TPSA) is 52.9 Å². The number of amides is 1. The molecule has 0 bridgehead atoms. The molecule has 1 amide bonds. The minimum absolute atomic E-state index is 0.134. The fourth-order valence-electron chi connectivity index (χ4n) is 2.58. The number of benzene rings is 2. The maximum atomic E-state index is 13.0. The van der Waals surface area contributed by atoms with Crippen molar-refractivity contribution in [3.63, 3.8) is 0 Å². The van der Waals surface area contributed by atoms with Gasteiger partial charge in [0.15, 0.2) is 0 Å². The number of carbonyl (C=O) groups excluding carboxylic acids is 1. The number of halogens is 1. The Hall–Kier alpha value is -2.69. The quantitative estimate of drug-likeness (QED) is 0.922. The Labute approximate surface area is 127 Å². The smallest absolute Gasteiger partial charge is 0.274 e. The molecule has 1 aliphatic heterocycles. The van der Waals surface area contributed by atoms with Crippen LogP contribution in [-0.2, 0) is 0 Å². The summed E-state index contributed by atoms with van der Waals surface area (Å²) in [5, 5.41) is 15.7. The van der Waals surface area contributed by atoms with Crippen LogP contribution in [0, 0.1) is 5.82 Å². The second-order valence-corrected chi connectivity index (χ2v) is 5.27.